The molecular formula is C22H27F3N6O. The zero-order valence-corrected chi connectivity index (χ0v) is 18.4. The minimum Gasteiger partial charge on any atom is -0.373 e. The lowest BCUT2D eigenvalue weighted by atomic mass is 9.85. The van der Waals surface area contributed by atoms with Crippen LogP contribution in [0.1, 0.15) is 66.9 Å². The lowest BCUT2D eigenvalue weighted by Crippen LogP contribution is -2.28. The average Bonchev–Trinajstić information content (AvgIpc) is 3.13. The first-order valence-electron chi connectivity index (χ1n) is 10.9. The summed E-state index contributed by atoms with van der Waals surface area (Å²) in [7, 11) is 1.92. The van der Waals surface area contributed by atoms with E-state index in [2.05, 4.69) is 25.0 Å². The zero-order valence-electron chi connectivity index (χ0n) is 18.4. The van der Waals surface area contributed by atoms with Gasteiger partial charge in [0.15, 0.2) is 5.65 Å². The van der Waals surface area contributed by atoms with Crippen LogP contribution in [-0.4, -0.2) is 42.5 Å². The fourth-order valence-corrected chi connectivity index (χ4v) is 3.84. The van der Waals surface area contributed by atoms with E-state index in [1.807, 2.05) is 33.3 Å². The van der Waals surface area contributed by atoms with Gasteiger partial charge in [-0.1, -0.05) is 6.42 Å². The van der Waals surface area contributed by atoms with Crippen molar-refractivity contribution in [1.82, 2.24) is 29.7 Å². The Balaban J connectivity index is 0.000000260. The first kappa shape index (κ1) is 22.6. The maximum absolute atomic E-state index is 11.5. The van der Waals surface area contributed by atoms with Crippen molar-refractivity contribution in [2.75, 3.05) is 6.61 Å². The van der Waals surface area contributed by atoms with Crippen LogP contribution in [0.5, 0.6) is 0 Å². The van der Waals surface area contributed by atoms with Crippen molar-refractivity contribution in [3.05, 3.63) is 41.4 Å². The van der Waals surface area contributed by atoms with Gasteiger partial charge >= 0.3 is 6.18 Å². The van der Waals surface area contributed by atoms with Crippen LogP contribution in [0.3, 0.4) is 0 Å². The Morgan fingerprint density at radius 3 is 2.38 bits per heavy atom. The first-order chi connectivity index (χ1) is 15.2. The highest BCUT2D eigenvalue weighted by molar-refractivity contribution is 5.68. The van der Waals surface area contributed by atoms with Crippen LogP contribution in [0.2, 0.25) is 0 Å². The van der Waals surface area contributed by atoms with Crippen molar-refractivity contribution in [3.63, 3.8) is 0 Å². The largest absolute Gasteiger partial charge is 0.391 e. The summed E-state index contributed by atoms with van der Waals surface area (Å²) in [6, 6.07) is 0. The van der Waals surface area contributed by atoms with Gasteiger partial charge in [-0.2, -0.15) is 18.3 Å². The molecule has 3 aromatic heterocycles. The summed E-state index contributed by atoms with van der Waals surface area (Å²) in [6.07, 6.45) is 5.03. The number of aromatic nitrogens is 6. The lowest BCUT2D eigenvalue weighted by molar-refractivity contribution is -0.193. The van der Waals surface area contributed by atoms with E-state index in [0.717, 1.165) is 47.6 Å². The lowest BCUT2D eigenvalue weighted by Gasteiger charge is -2.28. The standard InChI is InChI=1S/C17H20N6O.C5H7F3/c1-10-11(2)21-17-14(20-10)8-18-16(22-17)12-4-5-24-15(6-12)13-7-19-23(3)9-13;6-5(7,8)4-2-1-3-4/h7-9,12,15H,4-6H2,1-3H3;4H,1-3H2. The fourth-order valence-electron chi connectivity index (χ4n) is 3.84. The minimum atomic E-state index is -3.90. The summed E-state index contributed by atoms with van der Waals surface area (Å²) in [5.41, 5.74) is 4.36. The monoisotopic (exact) mass is 448 g/mol. The second kappa shape index (κ2) is 9.09. The van der Waals surface area contributed by atoms with Crippen LogP contribution in [0.25, 0.3) is 11.2 Å². The fraction of sp³-hybridized carbons (Fsp3) is 0.591. The van der Waals surface area contributed by atoms with Crippen LogP contribution in [0, 0.1) is 19.8 Å². The van der Waals surface area contributed by atoms with Gasteiger partial charge in [0, 0.05) is 31.3 Å². The summed E-state index contributed by atoms with van der Waals surface area (Å²) in [6.45, 7) is 4.60. The maximum Gasteiger partial charge on any atom is 0.391 e. The molecule has 2 atom stereocenters. The van der Waals surface area contributed by atoms with Gasteiger partial charge in [0.05, 0.1) is 35.8 Å². The molecule has 0 spiro atoms. The average molecular weight is 448 g/mol. The quantitative estimate of drug-likeness (QED) is 0.563. The van der Waals surface area contributed by atoms with Crippen LogP contribution in [-0.2, 0) is 11.8 Å². The van der Waals surface area contributed by atoms with Crippen molar-refractivity contribution >= 4 is 11.2 Å². The van der Waals surface area contributed by atoms with Gasteiger partial charge in [-0.05, 0) is 39.5 Å². The van der Waals surface area contributed by atoms with Crippen LogP contribution >= 0.6 is 0 Å². The maximum atomic E-state index is 11.5. The summed E-state index contributed by atoms with van der Waals surface area (Å²) < 4.78 is 42.2. The molecule has 7 nitrogen and oxygen atoms in total. The van der Waals surface area contributed by atoms with Gasteiger partial charge in [0.2, 0.25) is 0 Å². The number of rotatable bonds is 2. The molecule has 2 aliphatic rings. The normalized spacial score (nSPS) is 21.7. The SMILES string of the molecule is Cc1nc2cnc(C3CCOC(c4cnn(C)c4)C3)nc2nc1C.FC(F)(F)C1CCC1. The van der Waals surface area contributed by atoms with E-state index in [-0.39, 0.29) is 12.0 Å². The van der Waals surface area contributed by atoms with Crippen molar-refractivity contribution in [3.8, 4) is 0 Å². The molecule has 32 heavy (non-hydrogen) atoms. The van der Waals surface area contributed by atoms with Gasteiger partial charge in [-0.3, -0.25) is 4.68 Å². The van der Waals surface area contributed by atoms with Gasteiger partial charge in [0.1, 0.15) is 11.3 Å². The molecular weight excluding hydrogens is 421 g/mol. The first-order valence-corrected chi connectivity index (χ1v) is 10.9. The molecule has 1 aliphatic heterocycles. The number of hydrogen-bond donors (Lipinski definition) is 0. The third-order valence-electron chi connectivity index (χ3n) is 6.17. The number of aryl methyl sites for hydroxylation is 3. The number of alkyl halides is 3. The topological polar surface area (TPSA) is 78.6 Å². The molecule has 2 unspecified atom stereocenters. The second-order valence-corrected chi connectivity index (χ2v) is 8.53. The highest BCUT2D eigenvalue weighted by Crippen LogP contribution is 2.40. The second-order valence-electron chi connectivity index (χ2n) is 8.53. The predicted molar refractivity (Wildman–Crippen MR) is 112 cm³/mol. The van der Waals surface area contributed by atoms with E-state index in [0.29, 0.717) is 25.1 Å². The van der Waals surface area contributed by atoms with E-state index >= 15 is 0 Å². The Kier molecular flexibility index (Phi) is 6.41. The van der Waals surface area contributed by atoms with Gasteiger partial charge in [-0.25, -0.2) is 19.9 Å². The third-order valence-corrected chi connectivity index (χ3v) is 6.17. The van der Waals surface area contributed by atoms with Gasteiger partial charge in [0.25, 0.3) is 0 Å². The Bertz CT molecular complexity index is 1080. The van der Waals surface area contributed by atoms with E-state index in [4.69, 9.17) is 4.74 Å². The molecule has 3 aromatic rings. The van der Waals surface area contributed by atoms with E-state index in [1.54, 1.807) is 10.9 Å². The van der Waals surface area contributed by atoms with Gasteiger partial charge in [-0.15, -0.1) is 0 Å². The molecule has 0 bridgehead atoms. The van der Waals surface area contributed by atoms with E-state index in [9.17, 15) is 13.2 Å². The number of hydrogen-bond acceptors (Lipinski definition) is 6. The summed E-state index contributed by atoms with van der Waals surface area (Å²) in [5.74, 6) is 0.122. The molecule has 1 saturated heterocycles. The summed E-state index contributed by atoms with van der Waals surface area (Å²) in [5, 5.41) is 4.24. The highest BCUT2D eigenvalue weighted by atomic mass is 19.4. The Hall–Kier alpha value is -2.62. The van der Waals surface area contributed by atoms with Crippen molar-refractivity contribution in [2.24, 2.45) is 13.0 Å². The highest BCUT2D eigenvalue weighted by Gasteiger charge is 2.42. The van der Waals surface area contributed by atoms with Crippen LogP contribution in [0.15, 0.2) is 18.6 Å². The van der Waals surface area contributed by atoms with Crippen molar-refractivity contribution in [2.45, 2.75) is 64.1 Å². The Morgan fingerprint density at radius 2 is 1.78 bits per heavy atom. The minimum absolute atomic E-state index is 0.0441. The van der Waals surface area contributed by atoms with E-state index in [1.165, 1.54) is 0 Å². The molecule has 172 valence electrons. The molecule has 4 heterocycles. The van der Waals surface area contributed by atoms with Gasteiger partial charge < -0.3 is 4.74 Å². The number of fused-ring (bicyclic) bond motifs is 1. The number of ether oxygens (including phenoxy) is 1. The number of nitrogens with zero attached hydrogens (tertiary/aromatic N) is 6. The third kappa shape index (κ3) is 5.06. The van der Waals surface area contributed by atoms with Crippen molar-refractivity contribution < 1.29 is 17.9 Å². The Labute approximate surface area is 184 Å². The molecule has 2 fully saturated rings. The molecule has 1 aliphatic carbocycles. The smallest absolute Gasteiger partial charge is 0.373 e. The summed E-state index contributed by atoms with van der Waals surface area (Å²) >= 11 is 0. The molecule has 0 radical (unpaired) electrons. The molecule has 5 rings (SSSR count). The number of halogens is 3. The molecule has 0 N–H and O–H groups in total. The molecule has 0 amide bonds. The summed E-state index contributed by atoms with van der Waals surface area (Å²) in [4.78, 5) is 18.3. The molecule has 10 heteroatoms. The molecule has 1 saturated carbocycles. The Morgan fingerprint density at radius 1 is 1.03 bits per heavy atom. The molecule has 0 aromatic carbocycles. The van der Waals surface area contributed by atoms with Crippen LogP contribution < -0.4 is 0 Å². The van der Waals surface area contributed by atoms with Crippen molar-refractivity contribution in [1.29, 1.82) is 0 Å². The predicted octanol–water partition coefficient (Wildman–Crippen LogP) is 4.75. The van der Waals surface area contributed by atoms with E-state index < -0.39 is 12.1 Å². The van der Waals surface area contributed by atoms with Crippen LogP contribution in [0.4, 0.5) is 13.2 Å². The zero-order chi connectivity index (χ0) is 22.9.